The van der Waals surface area contributed by atoms with Crippen molar-refractivity contribution in [1.29, 1.82) is 0 Å². The van der Waals surface area contributed by atoms with Gasteiger partial charge in [-0.25, -0.2) is 9.97 Å². The first-order chi connectivity index (χ1) is 10.1. The molecule has 0 saturated heterocycles. The first-order valence-electron chi connectivity index (χ1n) is 7.47. The molecule has 0 unspecified atom stereocenters. The van der Waals surface area contributed by atoms with Gasteiger partial charge in [-0.05, 0) is 38.0 Å². The highest BCUT2D eigenvalue weighted by Gasteiger charge is 2.32. The minimum absolute atomic E-state index is 0.156. The van der Waals surface area contributed by atoms with Gasteiger partial charge < -0.3 is 10.1 Å². The summed E-state index contributed by atoms with van der Waals surface area (Å²) in [7, 11) is 0. The molecule has 4 nitrogen and oxygen atoms in total. The fraction of sp³-hybridized carbons (Fsp3) is 0.412. The standard InChI is InChI=1S/C17H21N3O/c1-4-9-18-14-8-10-19-16(20-14)13-7-5-6-12-11-17(2,3)21-15(12)13/h5-8,10H,4,9,11H2,1-3H3,(H,18,19,20). The second-order valence-corrected chi connectivity index (χ2v) is 6.02. The molecule has 2 aromatic rings. The molecule has 0 fully saturated rings. The lowest BCUT2D eigenvalue weighted by atomic mass is 10.0. The van der Waals surface area contributed by atoms with Gasteiger partial charge in [0.05, 0.1) is 5.56 Å². The number of ether oxygens (including phenoxy) is 1. The number of nitrogens with zero attached hydrogens (tertiary/aromatic N) is 2. The van der Waals surface area contributed by atoms with E-state index in [-0.39, 0.29) is 5.60 Å². The number of benzene rings is 1. The van der Waals surface area contributed by atoms with Crippen LogP contribution in [0, 0.1) is 0 Å². The molecule has 0 atom stereocenters. The maximum atomic E-state index is 6.10. The van der Waals surface area contributed by atoms with E-state index in [4.69, 9.17) is 4.74 Å². The van der Waals surface area contributed by atoms with Gasteiger partial charge in [0.1, 0.15) is 17.2 Å². The van der Waals surface area contributed by atoms with Gasteiger partial charge in [-0.2, -0.15) is 0 Å². The second kappa shape index (κ2) is 5.35. The van der Waals surface area contributed by atoms with E-state index < -0.39 is 0 Å². The smallest absolute Gasteiger partial charge is 0.165 e. The lowest BCUT2D eigenvalue weighted by molar-refractivity contribution is 0.139. The Labute approximate surface area is 125 Å². The predicted molar refractivity (Wildman–Crippen MR) is 84.7 cm³/mol. The topological polar surface area (TPSA) is 47.0 Å². The Balaban J connectivity index is 1.97. The van der Waals surface area contributed by atoms with Crippen molar-refractivity contribution in [3.8, 4) is 17.1 Å². The van der Waals surface area contributed by atoms with Crippen LogP contribution in [0.2, 0.25) is 0 Å². The summed E-state index contributed by atoms with van der Waals surface area (Å²) in [6, 6.07) is 8.09. The molecule has 1 aliphatic rings. The molecule has 0 amide bonds. The van der Waals surface area contributed by atoms with Gasteiger partial charge in [0, 0.05) is 19.2 Å². The zero-order chi connectivity index (χ0) is 14.9. The van der Waals surface area contributed by atoms with Gasteiger partial charge in [-0.1, -0.05) is 19.1 Å². The van der Waals surface area contributed by atoms with E-state index in [1.807, 2.05) is 12.1 Å². The predicted octanol–water partition coefficient (Wildman–Crippen LogP) is 3.68. The molecule has 1 aromatic heterocycles. The highest BCUT2D eigenvalue weighted by Crippen LogP contribution is 2.41. The van der Waals surface area contributed by atoms with Crippen molar-refractivity contribution in [1.82, 2.24) is 9.97 Å². The minimum atomic E-state index is -0.156. The van der Waals surface area contributed by atoms with Crippen LogP contribution >= 0.6 is 0 Å². The molecular weight excluding hydrogens is 262 g/mol. The van der Waals surface area contributed by atoms with Crippen molar-refractivity contribution in [3.05, 3.63) is 36.0 Å². The van der Waals surface area contributed by atoms with E-state index >= 15 is 0 Å². The first-order valence-corrected chi connectivity index (χ1v) is 7.47. The van der Waals surface area contributed by atoms with Crippen LogP contribution in [0.5, 0.6) is 5.75 Å². The van der Waals surface area contributed by atoms with E-state index in [1.165, 1.54) is 5.56 Å². The van der Waals surface area contributed by atoms with E-state index in [1.54, 1.807) is 6.20 Å². The molecule has 1 aliphatic heterocycles. The Morgan fingerprint density at radius 1 is 1.29 bits per heavy atom. The monoisotopic (exact) mass is 283 g/mol. The third-order valence-corrected chi connectivity index (χ3v) is 3.54. The molecule has 0 spiro atoms. The van der Waals surface area contributed by atoms with Crippen LogP contribution in [0.1, 0.15) is 32.8 Å². The van der Waals surface area contributed by atoms with Crippen LogP contribution in [0.15, 0.2) is 30.5 Å². The molecule has 1 N–H and O–H groups in total. The molecule has 3 rings (SSSR count). The Hall–Kier alpha value is -2.10. The molecule has 0 radical (unpaired) electrons. The van der Waals surface area contributed by atoms with Crippen molar-refractivity contribution < 1.29 is 4.74 Å². The molecule has 2 heterocycles. The Kier molecular flexibility index (Phi) is 3.53. The largest absolute Gasteiger partial charge is 0.486 e. The number of aromatic nitrogens is 2. The number of anilines is 1. The van der Waals surface area contributed by atoms with Gasteiger partial charge in [0.15, 0.2) is 5.82 Å². The van der Waals surface area contributed by atoms with Gasteiger partial charge in [-0.15, -0.1) is 0 Å². The number of fused-ring (bicyclic) bond motifs is 1. The summed E-state index contributed by atoms with van der Waals surface area (Å²) in [5.74, 6) is 2.50. The summed E-state index contributed by atoms with van der Waals surface area (Å²) in [6.45, 7) is 7.26. The van der Waals surface area contributed by atoms with E-state index in [9.17, 15) is 0 Å². The number of nitrogens with one attached hydrogen (secondary N) is 1. The molecular formula is C17H21N3O. The summed E-state index contributed by atoms with van der Waals surface area (Å²) >= 11 is 0. The fourth-order valence-electron chi connectivity index (χ4n) is 2.63. The normalized spacial score (nSPS) is 15.4. The quantitative estimate of drug-likeness (QED) is 0.930. The number of para-hydroxylation sites is 1. The maximum Gasteiger partial charge on any atom is 0.165 e. The molecule has 4 heteroatoms. The van der Waals surface area contributed by atoms with Crippen LogP contribution in [0.4, 0.5) is 5.82 Å². The number of rotatable bonds is 4. The third kappa shape index (κ3) is 2.84. The van der Waals surface area contributed by atoms with Crippen molar-refractivity contribution >= 4 is 5.82 Å². The van der Waals surface area contributed by atoms with Crippen LogP contribution in [-0.4, -0.2) is 22.1 Å². The van der Waals surface area contributed by atoms with E-state index in [0.717, 1.165) is 36.5 Å². The molecule has 0 aliphatic carbocycles. The summed E-state index contributed by atoms with van der Waals surface area (Å²) in [6.07, 6.45) is 3.78. The van der Waals surface area contributed by atoms with Crippen molar-refractivity contribution in [2.45, 2.75) is 39.2 Å². The van der Waals surface area contributed by atoms with Crippen molar-refractivity contribution in [3.63, 3.8) is 0 Å². The summed E-state index contributed by atoms with van der Waals surface area (Å²) in [5, 5.41) is 3.30. The third-order valence-electron chi connectivity index (χ3n) is 3.54. The first kappa shape index (κ1) is 13.9. The van der Waals surface area contributed by atoms with Gasteiger partial charge in [-0.3, -0.25) is 0 Å². The van der Waals surface area contributed by atoms with Crippen molar-refractivity contribution in [2.24, 2.45) is 0 Å². The molecule has 0 bridgehead atoms. The van der Waals surface area contributed by atoms with Gasteiger partial charge in [0.2, 0.25) is 0 Å². The molecule has 1 aromatic carbocycles. The van der Waals surface area contributed by atoms with E-state index in [0.29, 0.717) is 5.82 Å². The highest BCUT2D eigenvalue weighted by molar-refractivity contribution is 5.68. The fourth-order valence-corrected chi connectivity index (χ4v) is 2.63. The molecule has 0 saturated carbocycles. The summed E-state index contributed by atoms with van der Waals surface area (Å²) in [5.41, 5.74) is 2.04. The number of hydrogen-bond donors (Lipinski definition) is 1. The Morgan fingerprint density at radius 3 is 2.95 bits per heavy atom. The lowest BCUT2D eigenvalue weighted by Gasteiger charge is -2.18. The highest BCUT2D eigenvalue weighted by atomic mass is 16.5. The molecule has 21 heavy (non-hydrogen) atoms. The average molecular weight is 283 g/mol. The zero-order valence-electron chi connectivity index (χ0n) is 12.8. The van der Waals surface area contributed by atoms with Crippen LogP contribution < -0.4 is 10.1 Å². The number of hydrogen-bond acceptors (Lipinski definition) is 4. The van der Waals surface area contributed by atoms with Crippen molar-refractivity contribution in [2.75, 3.05) is 11.9 Å². The van der Waals surface area contributed by atoms with E-state index in [2.05, 4.69) is 48.2 Å². The second-order valence-electron chi connectivity index (χ2n) is 6.02. The van der Waals surface area contributed by atoms with Crippen LogP contribution in [0.25, 0.3) is 11.4 Å². The van der Waals surface area contributed by atoms with Crippen LogP contribution in [0.3, 0.4) is 0 Å². The van der Waals surface area contributed by atoms with Crippen LogP contribution in [-0.2, 0) is 6.42 Å². The Morgan fingerprint density at radius 2 is 2.14 bits per heavy atom. The average Bonchev–Trinajstić information content (AvgIpc) is 2.79. The maximum absolute atomic E-state index is 6.10. The SMILES string of the molecule is CCCNc1ccnc(-c2cccc3c2OC(C)(C)C3)n1. The summed E-state index contributed by atoms with van der Waals surface area (Å²) < 4.78 is 6.10. The minimum Gasteiger partial charge on any atom is -0.486 e. The van der Waals surface area contributed by atoms with Gasteiger partial charge in [0.25, 0.3) is 0 Å². The lowest BCUT2D eigenvalue weighted by Crippen LogP contribution is -2.24. The summed E-state index contributed by atoms with van der Waals surface area (Å²) in [4.78, 5) is 9.02. The Bertz CT molecular complexity index is 652. The zero-order valence-corrected chi connectivity index (χ0v) is 12.8. The van der Waals surface area contributed by atoms with Gasteiger partial charge >= 0.3 is 0 Å². The molecule has 110 valence electrons.